The number of fused-ring (bicyclic) bond motifs is 7. The monoisotopic (exact) mass is 721 g/mol. The number of benzene rings is 1. The molecule has 1 aromatic carbocycles. The van der Waals surface area contributed by atoms with Gasteiger partial charge in [0.25, 0.3) is 0 Å². The number of piperazine rings is 1. The fourth-order valence-electron chi connectivity index (χ4n) is 14.3. The topological polar surface area (TPSA) is 90.0 Å². The highest BCUT2D eigenvalue weighted by atomic mass is 32.2. The molecule has 5 fully saturated rings. The van der Waals surface area contributed by atoms with Gasteiger partial charge in [0.05, 0.1) is 11.8 Å². The number of rotatable bonds is 8. The number of carboxylic acids is 1. The summed E-state index contributed by atoms with van der Waals surface area (Å²) in [7, 11) is -3.11. The van der Waals surface area contributed by atoms with Gasteiger partial charge in [-0.1, -0.05) is 66.7 Å². The first kappa shape index (κ1) is 37.6. The second kappa shape index (κ2) is 12.9. The summed E-state index contributed by atoms with van der Waals surface area (Å²) in [5, 5.41) is 13.8. The van der Waals surface area contributed by atoms with Crippen molar-refractivity contribution in [2.75, 3.05) is 45.5 Å². The van der Waals surface area contributed by atoms with Crippen LogP contribution in [0.4, 0.5) is 0 Å². The first-order valence-electron chi connectivity index (χ1n) is 20.3. The lowest BCUT2D eigenvalue weighted by atomic mass is 9.33. The van der Waals surface area contributed by atoms with Gasteiger partial charge in [-0.15, -0.1) is 0 Å². The minimum absolute atomic E-state index is 0.0219. The van der Waals surface area contributed by atoms with E-state index >= 15 is 0 Å². The van der Waals surface area contributed by atoms with Crippen LogP contribution in [-0.2, 0) is 10.0 Å². The quantitative estimate of drug-likeness (QED) is 0.283. The molecule has 284 valence electrons. The SMILES string of the molecule is CC(C)[C@@H]1CC[C@]2(NCCN3CCN(S(C)(=O)=O)CC3)CC[C@]3(C)[C@H](CC[C@@H]4[C@@]5(C)CC=C(c6ccc(C(=O)O)cc6)C(C)(C)[C@@H]5CC[C@]43C)[C@@H]12. The Morgan fingerprint density at radius 2 is 1.57 bits per heavy atom. The molecule has 2 N–H and O–H groups in total. The summed E-state index contributed by atoms with van der Waals surface area (Å²) in [4.78, 5) is 14.0. The van der Waals surface area contributed by atoms with Gasteiger partial charge in [-0.05, 0) is 138 Å². The molecular formula is C43H67N3O4S. The molecule has 5 aliphatic carbocycles. The Morgan fingerprint density at radius 3 is 2.20 bits per heavy atom. The molecule has 0 bridgehead atoms. The maximum Gasteiger partial charge on any atom is 0.335 e. The van der Waals surface area contributed by atoms with Crippen LogP contribution in [0.1, 0.15) is 122 Å². The molecule has 0 spiro atoms. The highest BCUT2D eigenvalue weighted by molar-refractivity contribution is 7.88. The van der Waals surface area contributed by atoms with Crippen LogP contribution >= 0.6 is 0 Å². The summed E-state index contributed by atoms with van der Waals surface area (Å²) >= 11 is 0. The van der Waals surface area contributed by atoms with Crippen LogP contribution in [0.15, 0.2) is 30.3 Å². The van der Waals surface area contributed by atoms with E-state index in [9.17, 15) is 18.3 Å². The average Bonchev–Trinajstić information content (AvgIpc) is 3.45. The van der Waals surface area contributed by atoms with Gasteiger partial charge < -0.3 is 10.4 Å². The van der Waals surface area contributed by atoms with E-state index in [1.807, 2.05) is 12.1 Å². The van der Waals surface area contributed by atoms with Gasteiger partial charge in [0.1, 0.15) is 0 Å². The molecule has 6 aliphatic rings. The third kappa shape index (κ3) is 5.90. The molecule has 7 nitrogen and oxygen atoms in total. The van der Waals surface area contributed by atoms with Crippen molar-refractivity contribution in [1.82, 2.24) is 14.5 Å². The first-order valence-corrected chi connectivity index (χ1v) is 22.2. The van der Waals surface area contributed by atoms with Crippen molar-refractivity contribution in [2.24, 2.45) is 57.2 Å². The molecule has 9 atom stereocenters. The number of carbonyl (C=O) groups is 1. The summed E-state index contributed by atoms with van der Waals surface area (Å²) in [5.41, 5.74) is 4.06. The average molecular weight is 722 g/mol. The fourth-order valence-corrected chi connectivity index (χ4v) is 15.2. The van der Waals surface area contributed by atoms with Crippen molar-refractivity contribution in [3.8, 4) is 0 Å². The Balaban J connectivity index is 1.12. The zero-order valence-corrected chi connectivity index (χ0v) is 33.7. The summed E-state index contributed by atoms with van der Waals surface area (Å²) in [6.45, 7) is 22.9. The molecule has 4 saturated carbocycles. The van der Waals surface area contributed by atoms with Crippen LogP contribution < -0.4 is 5.32 Å². The molecule has 1 saturated heterocycles. The lowest BCUT2D eigenvalue weighted by Gasteiger charge is -2.72. The third-order valence-corrected chi connectivity index (χ3v) is 18.4. The molecule has 8 heteroatoms. The van der Waals surface area contributed by atoms with E-state index in [4.69, 9.17) is 0 Å². The lowest BCUT2D eigenvalue weighted by Crippen LogP contribution is -2.68. The second-order valence-electron chi connectivity index (χ2n) is 19.7. The minimum atomic E-state index is -3.11. The smallest absolute Gasteiger partial charge is 0.335 e. The Bertz CT molecular complexity index is 1630. The van der Waals surface area contributed by atoms with Crippen LogP contribution in [0.3, 0.4) is 0 Å². The molecule has 1 heterocycles. The second-order valence-corrected chi connectivity index (χ2v) is 21.6. The number of nitrogens with zero attached hydrogens (tertiary/aromatic N) is 2. The molecule has 0 amide bonds. The summed E-state index contributed by atoms with van der Waals surface area (Å²) < 4.78 is 25.8. The standard InChI is InChI=1S/C43H67N3O4S/c1-29(2)32-15-20-43(44-23-24-45-25-27-46(28-26-45)51(8,49)50)22-21-41(6)34(37(32)43)13-14-36-40(5)18-16-33(30-9-11-31(12-10-30)38(47)48)39(3,4)35(40)17-19-42(36,41)7/h9-12,16,29,32,34-37,44H,13-15,17-28H2,1-8H3,(H,47,48)/t32-,34+,35-,36+,37+,40-,41+,42+,43-/m0/s1. The molecule has 0 unspecified atom stereocenters. The van der Waals surface area contributed by atoms with E-state index in [1.165, 1.54) is 68.8 Å². The summed E-state index contributed by atoms with van der Waals surface area (Å²) in [5.74, 6) is 3.34. The van der Waals surface area contributed by atoms with Gasteiger partial charge in [0.15, 0.2) is 0 Å². The van der Waals surface area contributed by atoms with Gasteiger partial charge in [0, 0.05) is 44.8 Å². The molecule has 1 aliphatic heterocycles. The molecular weight excluding hydrogens is 655 g/mol. The number of nitrogens with one attached hydrogen (secondary N) is 1. The van der Waals surface area contributed by atoms with E-state index in [-0.39, 0.29) is 16.4 Å². The van der Waals surface area contributed by atoms with Crippen molar-refractivity contribution < 1.29 is 18.3 Å². The summed E-state index contributed by atoms with van der Waals surface area (Å²) in [6, 6.07) is 7.62. The highest BCUT2D eigenvalue weighted by Crippen LogP contribution is 2.76. The maximum atomic E-state index is 12.1. The zero-order chi connectivity index (χ0) is 36.8. The molecule has 7 rings (SSSR count). The van der Waals surface area contributed by atoms with Crippen LogP contribution in [-0.4, -0.2) is 79.8 Å². The van der Waals surface area contributed by atoms with E-state index < -0.39 is 16.0 Å². The maximum absolute atomic E-state index is 12.1. The van der Waals surface area contributed by atoms with Crippen LogP contribution in [0.25, 0.3) is 5.57 Å². The van der Waals surface area contributed by atoms with Gasteiger partial charge in [-0.2, -0.15) is 4.31 Å². The molecule has 0 radical (unpaired) electrons. The molecule has 51 heavy (non-hydrogen) atoms. The largest absolute Gasteiger partial charge is 0.478 e. The van der Waals surface area contributed by atoms with Crippen molar-refractivity contribution in [2.45, 2.75) is 112 Å². The number of sulfonamides is 1. The van der Waals surface area contributed by atoms with Gasteiger partial charge >= 0.3 is 5.97 Å². The third-order valence-electron chi connectivity index (χ3n) is 17.1. The molecule has 1 aromatic rings. The number of hydrogen-bond donors (Lipinski definition) is 2. The Labute approximate surface area is 309 Å². The normalized spacial score (nSPS) is 41.3. The lowest BCUT2D eigenvalue weighted by molar-refractivity contribution is -0.221. The Hall–Kier alpha value is -1.74. The number of hydrogen-bond acceptors (Lipinski definition) is 5. The Morgan fingerprint density at radius 1 is 0.882 bits per heavy atom. The molecule has 0 aromatic heterocycles. The van der Waals surface area contributed by atoms with E-state index in [0.717, 1.165) is 44.4 Å². The predicted octanol–water partition coefficient (Wildman–Crippen LogP) is 8.03. The van der Waals surface area contributed by atoms with Crippen LogP contribution in [0, 0.1) is 57.2 Å². The van der Waals surface area contributed by atoms with Crippen molar-refractivity contribution in [3.63, 3.8) is 0 Å². The summed E-state index contributed by atoms with van der Waals surface area (Å²) in [6.07, 6.45) is 15.5. The van der Waals surface area contributed by atoms with Crippen LogP contribution in [0.5, 0.6) is 0 Å². The number of aromatic carboxylic acids is 1. The Kier molecular flexibility index (Phi) is 9.53. The van der Waals surface area contributed by atoms with Gasteiger partial charge in [0.2, 0.25) is 10.0 Å². The predicted molar refractivity (Wildman–Crippen MR) is 207 cm³/mol. The van der Waals surface area contributed by atoms with Gasteiger partial charge in [-0.3, -0.25) is 4.90 Å². The van der Waals surface area contributed by atoms with Crippen LogP contribution in [0.2, 0.25) is 0 Å². The highest BCUT2D eigenvalue weighted by Gasteiger charge is 2.70. The minimum Gasteiger partial charge on any atom is -0.478 e. The van der Waals surface area contributed by atoms with Gasteiger partial charge in [-0.25, -0.2) is 13.2 Å². The van der Waals surface area contributed by atoms with Crippen molar-refractivity contribution in [1.29, 1.82) is 0 Å². The number of carboxylic acid groups (broad SMARTS) is 1. The van der Waals surface area contributed by atoms with E-state index in [1.54, 1.807) is 16.4 Å². The van der Waals surface area contributed by atoms with E-state index in [2.05, 4.69) is 64.8 Å². The van der Waals surface area contributed by atoms with E-state index in [0.29, 0.717) is 53.2 Å². The first-order chi connectivity index (χ1) is 23.9. The van der Waals surface area contributed by atoms with Crippen molar-refractivity contribution in [3.05, 3.63) is 41.5 Å². The number of allylic oxidation sites excluding steroid dienone is 2. The van der Waals surface area contributed by atoms with Crippen molar-refractivity contribution >= 4 is 21.6 Å². The zero-order valence-electron chi connectivity index (χ0n) is 32.9. The fraction of sp³-hybridized carbons (Fsp3) is 0.791.